The zero-order valence-electron chi connectivity index (χ0n) is 11.3. The van der Waals surface area contributed by atoms with Crippen LogP contribution in [-0.2, 0) is 16.6 Å². The number of benzene rings is 1. The molecule has 6 nitrogen and oxygen atoms in total. The molecule has 1 N–H and O–H groups in total. The lowest BCUT2D eigenvalue weighted by Gasteiger charge is -2.07. The van der Waals surface area contributed by atoms with E-state index in [1.807, 2.05) is 6.92 Å². The average Bonchev–Trinajstić information content (AvgIpc) is 2.83. The molecule has 1 aromatic carbocycles. The number of aromatic nitrogens is 1. The SMILES string of the molecule is CCOc1ccc(S(=O)(=O)NCc2ocnc2C)cc1. The Morgan fingerprint density at radius 2 is 2.00 bits per heavy atom. The number of nitrogens with one attached hydrogen (secondary N) is 1. The van der Waals surface area contributed by atoms with Crippen molar-refractivity contribution in [2.45, 2.75) is 25.3 Å². The van der Waals surface area contributed by atoms with E-state index in [0.29, 0.717) is 23.8 Å². The summed E-state index contributed by atoms with van der Waals surface area (Å²) in [6.07, 6.45) is 1.29. The van der Waals surface area contributed by atoms with Crippen molar-refractivity contribution in [3.05, 3.63) is 42.1 Å². The number of oxazole rings is 1. The summed E-state index contributed by atoms with van der Waals surface area (Å²) < 4.78 is 37.0. The van der Waals surface area contributed by atoms with Gasteiger partial charge in [0.2, 0.25) is 10.0 Å². The first-order valence-corrected chi connectivity index (χ1v) is 7.62. The van der Waals surface area contributed by atoms with E-state index >= 15 is 0 Å². The summed E-state index contributed by atoms with van der Waals surface area (Å²) in [5.74, 6) is 1.14. The van der Waals surface area contributed by atoms with Crippen LogP contribution in [0.2, 0.25) is 0 Å². The molecule has 20 heavy (non-hydrogen) atoms. The Bertz CT molecular complexity index is 662. The van der Waals surface area contributed by atoms with Gasteiger partial charge in [-0.15, -0.1) is 0 Å². The second-order valence-corrected chi connectivity index (χ2v) is 5.86. The lowest BCUT2D eigenvalue weighted by atomic mass is 10.3. The van der Waals surface area contributed by atoms with Crippen LogP contribution in [0.1, 0.15) is 18.4 Å². The highest BCUT2D eigenvalue weighted by atomic mass is 32.2. The van der Waals surface area contributed by atoms with Gasteiger partial charge in [0.25, 0.3) is 0 Å². The normalized spacial score (nSPS) is 11.5. The molecule has 1 heterocycles. The standard InChI is InChI=1S/C13H16N2O4S/c1-3-18-11-4-6-12(7-5-11)20(16,17)15-8-13-10(2)14-9-19-13/h4-7,9,15H,3,8H2,1-2H3. The molecule has 0 saturated carbocycles. The van der Waals surface area contributed by atoms with Crippen molar-refractivity contribution in [1.82, 2.24) is 9.71 Å². The van der Waals surface area contributed by atoms with Crippen molar-refractivity contribution in [2.75, 3.05) is 6.61 Å². The Morgan fingerprint density at radius 3 is 2.55 bits per heavy atom. The highest BCUT2D eigenvalue weighted by Gasteiger charge is 2.15. The van der Waals surface area contributed by atoms with Gasteiger partial charge in [0.05, 0.1) is 23.7 Å². The van der Waals surface area contributed by atoms with Gasteiger partial charge in [-0.1, -0.05) is 0 Å². The van der Waals surface area contributed by atoms with Gasteiger partial charge in [-0.3, -0.25) is 0 Å². The molecule has 0 spiro atoms. The molecule has 108 valence electrons. The number of rotatable bonds is 6. The number of ether oxygens (including phenoxy) is 1. The van der Waals surface area contributed by atoms with Crippen molar-refractivity contribution < 1.29 is 17.6 Å². The van der Waals surface area contributed by atoms with Gasteiger partial charge < -0.3 is 9.15 Å². The van der Waals surface area contributed by atoms with E-state index in [-0.39, 0.29) is 11.4 Å². The molecule has 0 fully saturated rings. The van der Waals surface area contributed by atoms with Gasteiger partial charge in [0.1, 0.15) is 11.5 Å². The molecule has 0 aliphatic heterocycles. The quantitative estimate of drug-likeness (QED) is 0.880. The van der Waals surface area contributed by atoms with Crippen molar-refractivity contribution >= 4 is 10.0 Å². The molecule has 2 aromatic rings. The molecule has 2 rings (SSSR count). The zero-order chi connectivity index (χ0) is 14.6. The van der Waals surface area contributed by atoms with Crippen LogP contribution in [-0.4, -0.2) is 20.0 Å². The third kappa shape index (κ3) is 3.37. The molecule has 0 unspecified atom stereocenters. The van der Waals surface area contributed by atoms with E-state index in [2.05, 4.69) is 9.71 Å². The molecule has 0 bridgehead atoms. The molecule has 1 aromatic heterocycles. The Balaban J connectivity index is 2.08. The summed E-state index contributed by atoms with van der Waals surface area (Å²) in [4.78, 5) is 4.08. The third-order valence-corrected chi connectivity index (χ3v) is 4.13. The predicted octanol–water partition coefficient (Wildman–Crippen LogP) is 1.86. The lowest BCUT2D eigenvalue weighted by molar-refractivity contribution is 0.340. The Kier molecular flexibility index (Phi) is 4.41. The van der Waals surface area contributed by atoms with Crippen LogP contribution in [0, 0.1) is 6.92 Å². The highest BCUT2D eigenvalue weighted by Crippen LogP contribution is 2.16. The summed E-state index contributed by atoms with van der Waals surface area (Å²) in [5, 5.41) is 0. The first-order chi connectivity index (χ1) is 9.53. The van der Waals surface area contributed by atoms with E-state index in [1.54, 1.807) is 19.1 Å². The maximum Gasteiger partial charge on any atom is 0.240 e. The summed E-state index contributed by atoms with van der Waals surface area (Å²) in [6, 6.07) is 6.25. The van der Waals surface area contributed by atoms with E-state index in [0.717, 1.165) is 0 Å². The smallest absolute Gasteiger partial charge is 0.240 e. The van der Waals surface area contributed by atoms with E-state index in [4.69, 9.17) is 9.15 Å². The molecule has 0 aliphatic rings. The minimum atomic E-state index is -3.58. The minimum Gasteiger partial charge on any atom is -0.494 e. The fraction of sp³-hybridized carbons (Fsp3) is 0.308. The molecule has 0 amide bonds. The molecular formula is C13H16N2O4S. The van der Waals surface area contributed by atoms with Crippen molar-refractivity contribution in [3.63, 3.8) is 0 Å². The van der Waals surface area contributed by atoms with Gasteiger partial charge in [0.15, 0.2) is 6.39 Å². The van der Waals surface area contributed by atoms with Crippen LogP contribution in [0.15, 0.2) is 40.0 Å². The summed E-state index contributed by atoms with van der Waals surface area (Å²) in [6.45, 7) is 4.23. The van der Waals surface area contributed by atoms with Crippen LogP contribution >= 0.6 is 0 Å². The van der Waals surface area contributed by atoms with Gasteiger partial charge in [0, 0.05) is 0 Å². The third-order valence-electron chi connectivity index (χ3n) is 2.71. The highest BCUT2D eigenvalue weighted by molar-refractivity contribution is 7.89. The largest absolute Gasteiger partial charge is 0.494 e. The monoisotopic (exact) mass is 296 g/mol. The van der Waals surface area contributed by atoms with Crippen LogP contribution < -0.4 is 9.46 Å². The number of hydrogen-bond donors (Lipinski definition) is 1. The van der Waals surface area contributed by atoms with Crippen molar-refractivity contribution in [1.29, 1.82) is 0 Å². The zero-order valence-corrected chi connectivity index (χ0v) is 12.1. The Morgan fingerprint density at radius 1 is 1.30 bits per heavy atom. The lowest BCUT2D eigenvalue weighted by Crippen LogP contribution is -2.23. The summed E-state index contributed by atoms with van der Waals surface area (Å²) in [7, 11) is -3.58. The molecular weight excluding hydrogens is 280 g/mol. The number of sulfonamides is 1. The second kappa shape index (κ2) is 6.06. The summed E-state index contributed by atoms with van der Waals surface area (Å²) in [5.41, 5.74) is 0.666. The first kappa shape index (κ1) is 14.5. The van der Waals surface area contributed by atoms with E-state index < -0.39 is 10.0 Å². The fourth-order valence-corrected chi connectivity index (χ4v) is 2.60. The van der Waals surface area contributed by atoms with E-state index in [9.17, 15) is 8.42 Å². The minimum absolute atomic E-state index is 0.0708. The first-order valence-electron chi connectivity index (χ1n) is 6.14. The van der Waals surface area contributed by atoms with Gasteiger partial charge in [-0.05, 0) is 38.1 Å². The predicted molar refractivity (Wildman–Crippen MR) is 72.9 cm³/mol. The molecule has 0 atom stereocenters. The van der Waals surface area contributed by atoms with Crippen LogP contribution in [0.25, 0.3) is 0 Å². The molecule has 0 aliphatic carbocycles. The second-order valence-electron chi connectivity index (χ2n) is 4.09. The topological polar surface area (TPSA) is 81.4 Å². The molecule has 0 saturated heterocycles. The van der Waals surface area contributed by atoms with Gasteiger partial charge >= 0.3 is 0 Å². The molecule has 0 radical (unpaired) electrons. The van der Waals surface area contributed by atoms with Gasteiger partial charge in [-0.2, -0.15) is 0 Å². The summed E-state index contributed by atoms with van der Waals surface area (Å²) >= 11 is 0. The van der Waals surface area contributed by atoms with E-state index in [1.165, 1.54) is 18.5 Å². The number of aryl methyl sites for hydroxylation is 1. The van der Waals surface area contributed by atoms with Gasteiger partial charge in [-0.25, -0.2) is 18.1 Å². The number of nitrogens with zero attached hydrogens (tertiary/aromatic N) is 1. The van der Waals surface area contributed by atoms with Crippen LogP contribution in [0.5, 0.6) is 5.75 Å². The van der Waals surface area contributed by atoms with Crippen LogP contribution in [0.3, 0.4) is 0 Å². The maximum absolute atomic E-state index is 12.1. The Hall–Kier alpha value is -1.86. The average molecular weight is 296 g/mol. The number of hydrogen-bond acceptors (Lipinski definition) is 5. The van der Waals surface area contributed by atoms with Crippen molar-refractivity contribution in [3.8, 4) is 5.75 Å². The van der Waals surface area contributed by atoms with Crippen LogP contribution in [0.4, 0.5) is 0 Å². The Labute approximate surface area is 117 Å². The van der Waals surface area contributed by atoms with Crippen molar-refractivity contribution in [2.24, 2.45) is 0 Å². The fourth-order valence-electron chi connectivity index (χ4n) is 1.62. The molecule has 7 heteroatoms. The maximum atomic E-state index is 12.1.